The van der Waals surface area contributed by atoms with E-state index in [-0.39, 0.29) is 17.7 Å². The molecule has 7 heteroatoms. The van der Waals surface area contributed by atoms with Crippen LogP contribution in [0.1, 0.15) is 35.9 Å². The monoisotopic (exact) mass is 402 g/mol. The highest BCUT2D eigenvalue weighted by molar-refractivity contribution is 6.00. The lowest BCUT2D eigenvalue weighted by molar-refractivity contribution is -0.116. The molecule has 3 aromatic rings. The Hall–Kier alpha value is -3.61. The number of carbonyl (C=O) groups excluding carboxylic acids is 1. The van der Waals surface area contributed by atoms with Gasteiger partial charge in [0.15, 0.2) is 5.78 Å². The molecule has 2 atom stereocenters. The lowest BCUT2D eigenvalue weighted by atomic mass is 9.78. The molecule has 7 nitrogen and oxygen atoms in total. The molecule has 1 aromatic heterocycles. The summed E-state index contributed by atoms with van der Waals surface area (Å²) in [7, 11) is 3.29. The summed E-state index contributed by atoms with van der Waals surface area (Å²) in [6.45, 7) is 0. The number of aromatic nitrogens is 3. The fraction of sp³-hybridized carbons (Fsp3) is 0.261. The van der Waals surface area contributed by atoms with E-state index < -0.39 is 0 Å². The average molecular weight is 402 g/mol. The second-order valence-electron chi connectivity index (χ2n) is 7.53. The highest BCUT2D eigenvalue weighted by atomic mass is 16.5. The highest BCUT2D eigenvalue weighted by Crippen LogP contribution is 2.44. The molecule has 1 aliphatic heterocycles. The number of anilines is 1. The van der Waals surface area contributed by atoms with Gasteiger partial charge in [0.2, 0.25) is 5.95 Å². The maximum atomic E-state index is 13.4. The third-order valence-electron chi connectivity index (χ3n) is 5.86. The van der Waals surface area contributed by atoms with E-state index in [4.69, 9.17) is 9.47 Å². The van der Waals surface area contributed by atoms with Gasteiger partial charge in [0.25, 0.3) is 0 Å². The summed E-state index contributed by atoms with van der Waals surface area (Å²) in [6, 6.07) is 15.4. The second kappa shape index (κ2) is 7.33. The van der Waals surface area contributed by atoms with Crippen molar-refractivity contribution < 1.29 is 14.3 Å². The van der Waals surface area contributed by atoms with Crippen LogP contribution in [-0.2, 0) is 4.79 Å². The van der Waals surface area contributed by atoms with Crippen molar-refractivity contribution in [2.75, 3.05) is 19.5 Å². The molecule has 0 saturated carbocycles. The molecule has 30 heavy (non-hydrogen) atoms. The van der Waals surface area contributed by atoms with Crippen molar-refractivity contribution in [2.24, 2.45) is 0 Å². The van der Waals surface area contributed by atoms with E-state index in [0.717, 1.165) is 40.3 Å². The van der Waals surface area contributed by atoms with Crippen LogP contribution in [0.3, 0.4) is 0 Å². The molecule has 0 bridgehead atoms. The van der Waals surface area contributed by atoms with Crippen LogP contribution >= 0.6 is 0 Å². The van der Waals surface area contributed by atoms with Gasteiger partial charge < -0.3 is 14.8 Å². The molecule has 2 aliphatic rings. The smallest absolute Gasteiger partial charge is 0.226 e. The molecule has 0 radical (unpaired) electrons. The number of hydrogen-bond donors (Lipinski definition) is 1. The zero-order chi connectivity index (χ0) is 20.7. The first-order chi connectivity index (χ1) is 14.7. The quantitative estimate of drug-likeness (QED) is 0.717. The third kappa shape index (κ3) is 3.03. The molecule has 152 valence electrons. The molecular formula is C23H22N4O3. The molecule has 5 rings (SSSR count). The molecule has 0 fully saturated rings. The zero-order valence-electron chi connectivity index (χ0n) is 16.8. The van der Waals surface area contributed by atoms with Crippen molar-refractivity contribution in [1.29, 1.82) is 0 Å². The van der Waals surface area contributed by atoms with Gasteiger partial charge in [-0.15, -0.1) is 0 Å². The number of Topliss-reactive ketones (excluding diaryl/α,β-unsaturated/α-hetero) is 1. The van der Waals surface area contributed by atoms with Crippen molar-refractivity contribution in [3.8, 4) is 11.5 Å². The Kier molecular flexibility index (Phi) is 4.50. The lowest BCUT2D eigenvalue weighted by Crippen LogP contribution is -2.33. The Bertz CT molecular complexity index is 1130. The molecule has 1 N–H and O–H groups in total. The minimum atomic E-state index is -0.321. The normalized spacial score (nSPS) is 20.3. The van der Waals surface area contributed by atoms with Gasteiger partial charge in [0, 0.05) is 17.7 Å². The van der Waals surface area contributed by atoms with Crippen LogP contribution in [0.15, 0.2) is 66.1 Å². The van der Waals surface area contributed by atoms with E-state index in [0.29, 0.717) is 12.4 Å². The van der Waals surface area contributed by atoms with Gasteiger partial charge in [-0.25, -0.2) is 4.68 Å². The van der Waals surface area contributed by atoms with E-state index in [1.165, 1.54) is 6.33 Å². The molecular weight excluding hydrogens is 380 g/mol. The molecule has 0 unspecified atom stereocenters. The number of nitrogens with one attached hydrogen (secondary N) is 1. The first-order valence-corrected chi connectivity index (χ1v) is 9.88. The topological polar surface area (TPSA) is 78.3 Å². The second-order valence-corrected chi connectivity index (χ2v) is 7.53. The van der Waals surface area contributed by atoms with Crippen LogP contribution < -0.4 is 14.8 Å². The molecule has 2 aromatic carbocycles. The minimum Gasteiger partial charge on any atom is -0.497 e. The number of benzene rings is 2. The predicted octanol–water partition coefficient (Wildman–Crippen LogP) is 3.71. The largest absolute Gasteiger partial charge is 0.497 e. The average Bonchev–Trinajstić information content (AvgIpc) is 3.25. The molecule has 2 heterocycles. The summed E-state index contributed by atoms with van der Waals surface area (Å²) in [6.07, 6.45) is 2.71. The third-order valence-corrected chi connectivity index (χ3v) is 5.86. The van der Waals surface area contributed by atoms with Gasteiger partial charge in [-0.3, -0.25) is 4.79 Å². The Labute approximate surface area is 174 Å². The van der Waals surface area contributed by atoms with E-state index in [2.05, 4.69) is 15.4 Å². The Morgan fingerprint density at radius 3 is 2.57 bits per heavy atom. The summed E-state index contributed by atoms with van der Waals surface area (Å²) in [5, 5.41) is 7.75. The van der Waals surface area contributed by atoms with Crippen molar-refractivity contribution in [3.05, 3.63) is 77.3 Å². The number of methoxy groups -OCH3 is 2. The number of hydrogen-bond acceptors (Lipinski definition) is 6. The van der Waals surface area contributed by atoms with Crippen molar-refractivity contribution in [3.63, 3.8) is 0 Å². The van der Waals surface area contributed by atoms with Crippen LogP contribution in [0.5, 0.6) is 11.5 Å². The summed E-state index contributed by atoms with van der Waals surface area (Å²) in [4.78, 5) is 17.7. The number of fused-ring (bicyclic) bond motifs is 1. The van der Waals surface area contributed by atoms with Crippen LogP contribution in [-0.4, -0.2) is 34.8 Å². The molecule has 1 aliphatic carbocycles. The Balaban J connectivity index is 1.56. The summed E-state index contributed by atoms with van der Waals surface area (Å²) in [5.74, 6) is 2.43. The molecule has 0 saturated heterocycles. The van der Waals surface area contributed by atoms with Gasteiger partial charge in [-0.05, 0) is 47.7 Å². The number of carbonyl (C=O) groups is 1. The number of allylic oxidation sites excluding steroid dienone is 2. The molecule has 0 spiro atoms. The van der Waals surface area contributed by atoms with E-state index >= 15 is 0 Å². The minimum absolute atomic E-state index is 0.107. The zero-order valence-corrected chi connectivity index (χ0v) is 16.8. The van der Waals surface area contributed by atoms with Gasteiger partial charge in [-0.2, -0.15) is 10.1 Å². The number of ketones is 1. The van der Waals surface area contributed by atoms with Gasteiger partial charge in [0.1, 0.15) is 23.9 Å². The molecule has 0 amide bonds. The predicted molar refractivity (Wildman–Crippen MR) is 112 cm³/mol. The maximum Gasteiger partial charge on any atom is 0.226 e. The van der Waals surface area contributed by atoms with Crippen LogP contribution in [0.2, 0.25) is 0 Å². The summed E-state index contributed by atoms with van der Waals surface area (Å²) < 4.78 is 12.4. The van der Waals surface area contributed by atoms with Crippen molar-refractivity contribution in [2.45, 2.75) is 24.8 Å². The fourth-order valence-corrected chi connectivity index (χ4v) is 4.38. The fourth-order valence-electron chi connectivity index (χ4n) is 4.38. The van der Waals surface area contributed by atoms with E-state index in [1.54, 1.807) is 18.9 Å². The van der Waals surface area contributed by atoms with Gasteiger partial charge in [-0.1, -0.05) is 24.3 Å². The van der Waals surface area contributed by atoms with Crippen LogP contribution in [0.25, 0.3) is 0 Å². The van der Waals surface area contributed by atoms with E-state index in [1.807, 2.05) is 48.5 Å². The van der Waals surface area contributed by atoms with Gasteiger partial charge >= 0.3 is 0 Å². The lowest BCUT2D eigenvalue weighted by Gasteiger charge is -2.35. The van der Waals surface area contributed by atoms with E-state index in [9.17, 15) is 4.79 Å². The standard InChI is InChI=1S/C23H22N4O3/c1-29-17-8-6-14(7-9-17)16-11-19-21(20(28)12-16)22(27-23(26-19)24-13-25-27)15-4-3-5-18(10-15)30-2/h3-10,13,16,22H,11-12H2,1-2H3,(H,24,25,26)/t16-,22-/m0/s1. The first-order valence-electron chi connectivity index (χ1n) is 9.88. The van der Waals surface area contributed by atoms with Crippen molar-refractivity contribution in [1.82, 2.24) is 14.8 Å². The summed E-state index contributed by atoms with van der Waals surface area (Å²) in [5.41, 5.74) is 3.75. The summed E-state index contributed by atoms with van der Waals surface area (Å²) >= 11 is 0. The van der Waals surface area contributed by atoms with Crippen LogP contribution in [0.4, 0.5) is 5.95 Å². The number of ether oxygens (including phenoxy) is 2. The number of nitrogens with zero attached hydrogens (tertiary/aromatic N) is 3. The Morgan fingerprint density at radius 2 is 1.80 bits per heavy atom. The first kappa shape index (κ1) is 18.4. The highest BCUT2D eigenvalue weighted by Gasteiger charge is 2.39. The van der Waals surface area contributed by atoms with Crippen LogP contribution in [0, 0.1) is 0 Å². The maximum absolute atomic E-state index is 13.4. The van der Waals surface area contributed by atoms with Gasteiger partial charge in [0.05, 0.1) is 14.2 Å². The SMILES string of the molecule is COc1ccc([C@@H]2CC(=O)C3=C(C2)Nc2ncnn2[C@H]3c2cccc(OC)c2)cc1. The Morgan fingerprint density at radius 1 is 1.00 bits per heavy atom. The van der Waals surface area contributed by atoms with Crippen molar-refractivity contribution >= 4 is 11.7 Å². The number of rotatable bonds is 4.